The Labute approximate surface area is 135 Å². The molecule has 0 radical (unpaired) electrons. The van der Waals surface area contributed by atoms with Gasteiger partial charge in [0.1, 0.15) is 0 Å². The van der Waals surface area contributed by atoms with Gasteiger partial charge in [0.05, 0.1) is 18.0 Å². The SMILES string of the molecule is CCOCc1cc(NC(=O)O)c(N)cc1C#Cc1ccccc1. The van der Waals surface area contributed by atoms with Crippen molar-refractivity contribution in [1.82, 2.24) is 0 Å². The Kier molecular flexibility index (Phi) is 5.61. The third-order valence-corrected chi connectivity index (χ3v) is 3.09. The standard InChI is InChI=1S/C18H18N2O3/c1-2-23-12-15-11-17(20-18(21)22)16(19)10-14(15)9-8-13-6-4-3-5-7-13/h3-7,10-11,20H,2,12,19H2,1H3,(H,21,22). The van der Waals surface area contributed by atoms with E-state index in [2.05, 4.69) is 17.2 Å². The molecule has 2 aromatic rings. The smallest absolute Gasteiger partial charge is 0.409 e. The molecule has 5 nitrogen and oxygen atoms in total. The van der Waals surface area contributed by atoms with Gasteiger partial charge in [0.2, 0.25) is 0 Å². The van der Waals surface area contributed by atoms with Gasteiger partial charge in [-0.05, 0) is 36.8 Å². The molecular formula is C18H18N2O3. The molecule has 0 bridgehead atoms. The van der Waals surface area contributed by atoms with Crippen LogP contribution in [0, 0.1) is 11.8 Å². The quantitative estimate of drug-likeness (QED) is 0.597. The molecule has 1 amide bonds. The predicted octanol–water partition coefficient (Wildman–Crippen LogP) is 3.30. The van der Waals surface area contributed by atoms with Gasteiger partial charge in [-0.2, -0.15) is 0 Å². The van der Waals surface area contributed by atoms with Crippen LogP contribution < -0.4 is 11.1 Å². The van der Waals surface area contributed by atoms with Gasteiger partial charge in [-0.3, -0.25) is 5.32 Å². The largest absolute Gasteiger partial charge is 0.465 e. The van der Waals surface area contributed by atoms with Crippen LogP contribution in [-0.4, -0.2) is 17.8 Å². The summed E-state index contributed by atoms with van der Waals surface area (Å²) in [7, 11) is 0. The van der Waals surface area contributed by atoms with Crippen LogP contribution in [0.25, 0.3) is 0 Å². The summed E-state index contributed by atoms with van der Waals surface area (Å²) >= 11 is 0. The second kappa shape index (κ2) is 7.87. The van der Waals surface area contributed by atoms with Crippen molar-refractivity contribution in [1.29, 1.82) is 0 Å². The molecule has 0 aliphatic rings. The van der Waals surface area contributed by atoms with E-state index in [0.29, 0.717) is 24.6 Å². The van der Waals surface area contributed by atoms with E-state index < -0.39 is 6.09 Å². The van der Waals surface area contributed by atoms with Crippen molar-refractivity contribution in [3.05, 3.63) is 59.2 Å². The molecule has 0 aliphatic carbocycles. The van der Waals surface area contributed by atoms with E-state index in [1.807, 2.05) is 37.3 Å². The summed E-state index contributed by atoms with van der Waals surface area (Å²) in [4.78, 5) is 10.8. The number of carboxylic acid groups (broad SMARTS) is 1. The van der Waals surface area contributed by atoms with Crippen molar-refractivity contribution >= 4 is 17.5 Å². The molecule has 118 valence electrons. The van der Waals surface area contributed by atoms with Crippen molar-refractivity contribution in [3.8, 4) is 11.8 Å². The van der Waals surface area contributed by atoms with Crippen LogP contribution in [0.4, 0.5) is 16.2 Å². The average molecular weight is 310 g/mol. The molecule has 2 rings (SSSR count). The maximum Gasteiger partial charge on any atom is 0.409 e. The van der Waals surface area contributed by atoms with Crippen LogP contribution >= 0.6 is 0 Å². The number of anilines is 2. The number of rotatable bonds is 4. The van der Waals surface area contributed by atoms with Gasteiger partial charge < -0.3 is 15.6 Å². The number of hydrogen-bond donors (Lipinski definition) is 3. The topological polar surface area (TPSA) is 84.6 Å². The molecule has 4 N–H and O–H groups in total. The lowest BCUT2D eigenvalue weighted by atomic mass is 10.0. The van der Waals surface area contributed by atoms with E-state index >= 15 is 0 Å². The summed E-state index contributed by atoms with van der Waals surface area (Å²) in [5.41, 5.74) is 8.95. The van der Waals surface area contributed by atoms with Gasteiger partial charge in [0.25, 0.3) is 0 Å². The maximum atomic E-state index is 10.8. The van der Waals surface area contributed by atoms with Crippen LogP contribution in [-0.2, 0) is 11.3 Å². The van der Waals surface area contributed by atoms with Gasteiger partial charge in [-0.1, -0.05) is 30.0 Å². The van der Waals surface area contributed by atoms with Crippen LogP contribution in [0.3, 0.4) is 0 Å². The second-order valence-corrected chi connectivity index (χ2v) is 4.78. The summed E-state index contributed by atoms with van der Waals surface area (Å²) < 4.78 is 5.43. The highest BCUT2D eigenvalue weighted by Crippen LogP contribution is 2.24. The Hall–Kier alpha value is -2.97. The highest BCUT2D eigenvalue weighted by atomic mass is 16.5. The third kappa shape index (κ3) is 4.77. The monoisotopic (exact) mass is 310 g/mol. The highest BCUT2D eigenvalue weighted by Gasteiger charge is 2.09. The first-order valence-corrected chi connectivity index (χ1v) is 7.17. The molecule has 0 heterocycles. The molecule has 0 saturated heterocycles. The van der Waals surface area contributed by atoms with Crippen LogP contribution in [0.1, 0.15) is 23.6 Å². The summed E-state index contributed by atoms with van der Waals surface area (Å²) in [6, 6.07) is 12.9. The molecule has 0 aromatic heterocycles. The first-order valence-electron chi connectivity index (χ1n) is 7.17. The molecule has 23 heavy (non-hydrogen) atoms. The zero-order valence-corrected chi connectivity index (χ0v) is 12.8. The van der Waals surface area contributed by atoms with Crippen molar-refractivity contribution in [2.45, 2.75) is 13.5 Å². The molecular weight excluding hydrogens is 292 g/mol. The minimum Gasteiger partial charge on any atom is -0.465 e. The number of hydrogen-bond acceptors (Lipinski definition) is 3. The molecule has 0 aliphatic heterocycles. The molecule has 0 fully saturated rings. The van der Waals surface area contributed by atoms with E-state index in [1.165, 1.54) is 0 Å². The van der Waals surface area contributed by atoms with Crippen LogP contribution in [0.15, 0.2) is 42.5 Å². The lowest BCUT2D eigenvalue weighted by molar-refractivity contribution is 0.134. The summed E-state index contributed by atoms with van der Waals surface area (Å²) in [5, 5.41) is 11.1. The summed E-state index contributed by atoms with van der Waals surface area (Å²) in [6.07, 6.45) is -1.16. The zero-order valence-electron chi connectivity index (χ0n) is 12.8. The highest BCUT2D eigenvalue weighted by molar-refractivity contribution is 5.88. The van der Waals surface area contributed by atoms with E-state index in [1.54, 1.807) is 12.1 Å². The molecule has 0 unspecified atom stereocenters. The average Bonchev–Trinajstić information content (AvgIpc) is 2.54. The fraction of sp³-hybridized carbons (Fsp3) is 0.167. The van der Waals surface area contributed by atoms with E-state index in [4.69, 9.17) is 15.6 Å². The predicted molar refractivity (Wildman–Crippen MR) is 90.3 cm³/mol. The van der Waals surface area contributed by atoms with Gasteiger partial charge in [0, 0.05) is 17.7 Å². The Morgan fingerprint density at radius 3 is 2.65 bits per heavy atom. The number of carbonyl (C=O) groups is 1. The number of nitrogens with two attached hydrogens (primary N) is 1. The number of amides is 1. The van der Waals surface area contributed by atoms with Crippen LogP contribution in [0.5, 0.6) is 0 Å². The normalized spacial score (nSPS) is 9.78. The number of nitrogen functional groups attached to an aromatic ring is 1. The fourth-order valence-electron chi connectivity index (χ4n) is 1.99. The Morgan fingerprint density at radius 2 is 2.00 bits per heavy atom. The summed E-state index contributed by atoms with van der Waals surface area (Å²) in [6.45, 7) is 2.78. The van der Waals surface area contributed by atoms with Crippen molar-refractivity contribution < 1.29 is 14.6 Å². The fourth-order valence-corrected chi connectivity index (χ4v) is 1.99. The first-order chi connectivity index (χ1) is 11.1. The lowest BCUT2D eigenvalue weighted by Crippen LogP contribution is -2.10. The number of ether oxygens (including phenoxy) is 1. The van der Waals surface area contributed by atoms with Crippen molar-refractivity contribution in [2.24, 2.45) is 0 Å². The number of benzene rings is 2. The van der Waals surface area contributed by atoms with E-state index in [0.717, 1.165) is 16.7 Å². The Bertz CT molecular complexity index is 746. The van der Waals surface area contributed by atoms with Gasteiger partial charge >= 0.3 is 6.09 Å². The molecule has 0 spiro atoms. The van der Waals surface area contributed by atoms with Gasteiger partial charge in [0.15, 0.2) is 0 Å². The first kappa shape index (κ1) is 16.4. The summed E-state index contributed by atoms with van der Waals surface area (Å²) in [5.74, 6) is 6.14. The molecule has 0 saturated carbocycles. The van der Waals surface area contributed by atoms with E-state index in [9.17, 15) is 4.79 Å². The van der Waals surface area contributed by atoms with Gasteiger partial charge in [-0.15, -0.1) is 0 Å². The molecule has 0 atom stereocenters. The van der Waals surface area contributed by atoms with Gasteiger partial charge in [-0.25, -0.2) is 4.79 Å². The molecule has 2 aromatic carbocycles. The van der Waals surface area contributed by atoms with Crippen molar-refractivity contribution in [2.75, 3.05) is 17.7 Å². The second-order valence-electron chi connectivity index (χ2n) is 4.78. The third-order valence-electron chi connectivity index (χ3n) is 3.09. The number of nitrogens with one attached hydrogen (secondary N) is 1. The minimum absolute atomic E-state index is 0.324. The Balaban J connectivity index is 2.38. The molecule has 5 heteroatoms. The Morgan fingerprint density at radius 1 is 1.26 bits per heavy atom. The zero-order chi connectivity index (χ0) is 16.7. The minimum atomic E-state index is -1.16. The van der Waals surface area contributed by atoms with E-state index in [-0.39, 0.29) is 0 Å². The van der Waals surface area contributed by atoms with Crippen molar-refractivity contribution in [3.63, 3.8) is 0 Å². The lowest BCUT2D eigenvalue weighted by Gasteiger charge is -2.11. The van der Waals surface area contributed by atoms with Crippen LogP contribution in [0.2, 0.25) is 0 Å². The maximum absolute atomic E-state index is 10.8.